The Labute approximate surface area is 161 Å². The number of urea groups is 1. The van der Waals surface area contributed by atoms with Crippen LogP contribution in [0.25, 0.3) is 0 Å². The Hall–Kier alpha value is -3.78. The van der Waals surface area contributed by atoms with E-state index in [2.05, 4.69) is 10.3 Å². The summed E-state index contributed by atoms with van der Waals surface area (Å²) in [5.41, 5.74) is 14.8. The van der Waals surface area contributed by atoms with Crippen LogP contribution in [0.2, 0.25) is 0 Å². The summed E-state index contributed by atoms with van der Waals surface area (Å²) in [6, 6.07) is 15.9. The fourth-order valence-electron chi connectivity index (χ4n) is 3.12. The van der Waals surface area contributed by atoms with E-state index in [1.807, 2.05) is 47.4 Å². The molecule has 1 aliphatic rings. The zero-order valence-corrected chi connectivity index (χ0v) is 15.1. The molecule has 0 fully saturated rings. The number of carbonyl (C=O) groups excluding carboxylic acids is 1. The van der Waals surface area contributed by atoms with Crippen LogP contribution in [0, 0.1) is 0 Å². The first-order valence-corrected chi connectivity index (χ1v) is 8.58. The molecule has 1 unspecified atom stereocenters. The van der Waals surface area contributed by atoms with Crippen LogP contribution < -0.4 is 26.4 Å². The van der Waals surface area contributed by atoms with Gasteiger partial charge in [-0.2, -0.15) is 4.99 Å². The van der Waals surface area contributed by atoms with Crippen molar-refractivity contribution in [2.45, 2.75) is 6.17 Å². The summed E-state index contributed by atoms with van der Waals surface area (Å²) in [4.78, 5) is 17.6. The van der Waals surface area contributed by atoms with Crippen LogP contribution >= 0.6 is 0 Å². The second-order valence-corrected chi connectivity index (χ2v) is 6.20. The molecule has 142 valence electrons. The molecular weight excluding hydrogens is 358 g/mol. The summed E-state index contributed by atoms with van der Waals surface area (Å²) >= 11 is 0. The lowest BCUT2D eigenvalue weighted by atomic mass is 10.1. The van der Waals surface area contributed by atoms with Crippen molar-refractivity contribution in [1.82, 2.24) is 0 Å². The number of fused-ring (bicyclic) bond motifs is 1. The predicted molar refractivity (Wildman–Crippen MR) is 107 cm³/mol. The summed E-state index contributed by atoms with van der Waals surface area (Å²) in [7, 11) is 1.62. The van der Waals surface area contributed by atoms with E-state index in [0.29, 0.717) is 17.4 Å². The van der Waals surface area contributed by atoms with E-state index in [0.717, 1.165) is 22.6 Å². The molecule has 28 heavy (non-hydrogen) atoms. The van der Waals surface area contributed by atoms with Crippen LogP contribution in [0.5, 0.6) is 5.75 Å². The largest absolute Gasteiger partial charge is 0.497 e. The number of anilines is 2. The molecule has 0 saturated carbocycles. The lowest BCUT2D eigenvalue weighted by molar-refractivity contribution is 0.259. The molecule has 1 atom stereocenters. The molecule has 1 aliphatic heterocycles. The third-order valence-electron chi connectivity index (χ3n) is 4.47. The summed E-state index contributed by atoms with van der Waals surface area (Å²) in [5, 5.41) is 2.54. The van der Waals surface area contributed by atoms with Crippen LogP contribution in [-0.2, 0) is 0 Å². The van der Waals surface area contributed by atoms with Gasteiger partial charge in [-0.3, -0.25) is 0 Å². The van der Waals surface area contributed by atoms with Crippen molar-refractivity contribution in [3.63, 3.8) is 0 Å². The summed E-state index contributed by atoms with van der Waals surface area (Å²) < 4.78 is 10.7. The monoisotopic (exact) mass is 377 g/mol. The van der Waals surface area contributed by atoms with Crippen molar-refractivity contribution in [2.75, 3.05) is 17.3 Å². The van der Waals surface area contributed by atoms with Crippen LogP contribution in [0.3, 0.4) is 0 Å². The second-order valence-electron chi connectivity index (χ2n) is 6.20. The van der Waals surface area contributed by atoms with Gasteiger partial charge in [-0.25, -0.2) is 4.79 Å². The number of amides is 2. The number of hydrogen-bond donors (Lipinski definition) is 3. The third kappa shape index (κ3) is 3.17. The highest BCUT2D eigenvalue weighted by molar-refractivity contribution is 6.12. The minimum absolute atomic E-state index is 0.474. The smallest absolute Gasteiger partial charge is 0.316 e. The summed E-state index contributed by atoms with van der Waals surface area (Å²) in [5.74, 6) is 1.86. The molecular formula is C20H19N5O3. The third-order valence-corrected chi connectivity index (χ3v) is 4.47. The van der Waals surface area contributed by atoms with E-state index in [4.69, 9.17) is 20.6 Å². The number of benzene rings is 2. The van der Waals surface area contributed by atoms with Crippen molar-refractivity contribution in [3.8, 4) is 5.75 Å². The molecule has 4 rings (SSSR count). The van der Waals surface area contributed by atoms with Gasteiger partial charge in [0.2, 0.25) is 5.88 Å². The lowest BCUT2D eigenvalue weighted by Gasteiger charge is -2.34. The van der Waals surface area contributed by atoms with Gasteiger partial charge in [0.15, 0.2) is 0 Å². The molecule has 2 aromatic carbocycles. The Balaban J connectivity index is 1.77. The van der Waals surface area contributed by atoms with Crippen molar-refractivity contribution in [3.05, 3.63) is 72.0 Å². The van der Waals surface area contributed by atoms with Crippen LogP contribution in [0.4, 0.5) is 22.1 Å². The lowest BCUT2D eigenvalue weighted by Crippen LogP contribution is -2.41. The number of rotatable bonds is 4. The predicted octanol–water partition coefficient (Wildman–Crippen LogP) is 3.33. The molecule has 1 aromatic heterocycles. The SMILES string of the molecule is COc1ccc(N2C(c3ccc(NC(N)=O)cc3)=Nc3occc3C2N)cc1. The molecule has 0 saturated heterocycles. The Kier molecular flexibility index (Phi) is 4.46. The van der Waals surface area contributed by atoms with E-state index >= 15 is 0 Å². The molecule has 8 nitrogen and oxygen atoms in total. The van der Waals surface area contributed by atoms with Gasteiger partial charge >= 0.3 is 6.03 Å². The van der Waals surface area contributed by atoms with Crippen LogP contribution in [-0.4, -0.2) is 19.0 Å². The molecule has 3 aromatic rings. The topological polar surface area (TPSA) is 119 Å². The van der Waals surface area contributed by atoms with Gasteiger partial charge in [-0.15, -0.1) is 0 Å². The maximum Gasteiger partial charge on any atom is 0.316 e. The Bertz CT molecular complexity index is 1020. The fraction of sp³-hybridized carbons (Fsp3) is 0.100. The van der Waals surface area contributed by atoms with Gasteiger partial charge in [0.25, 0.3) is 0 Å². The minimum Gasteiger partial charge on any atom is -0.497 e. The molecule has 0 aliphatic carbocycles. The average Bonchev–Trinajstić information content (AvgIpc) is 3.17. The van der Waals surface area contributed by atoms with Gasteiger partial charge < -0.3 is 30.8 Å². The number of methoxy groups -OCH3 is 1. The van der Waals surface area contributed by atoms with E-state index in [1.54, 1.807) is 25.5 Å². The number of aliphatic imine (C=N–C) groups is 1. The minimum atomic E-state index is -0.620. The number of hydrogen-bond acceptors (Lipinski definition) is 6. The molecule has 0 spiro atoms. The van der Waals surface area contributed by atoms with E-state index in [-0.39, 0.29) is 0 Å². The molecule has 0 radical (unpaired) electrons. The first kappa shape index (κ1) is 17.6. The first-order valence-electron chi connectivity index (χ1n) is 8.58. The highest BCUT2D eigenvalue weighted by Crippen LogP contribution is 2.37. The fourth-order valence-corrected chi connectivity index (χ4v) is 3.12. The maximum atomic E-state index is 11.0. The zero-order valence-electron chi connectivity index (χ0n) is 15.1. The normalized spacial score (nSPS) is 15.6. The number of ether oxygens (including phenoxy) is 1. The molecule has 2 heterocycles. The van der Waals surface area contributed by atoms with E-state index < -0.39 is 12.2 Å². The average molecular weight is 377 g/mol. The molecule has 2 amide bonds. The van der Waals surface area contributed by atoms with Gasteiger partial charge in [0.1, 0.15) is 17.8 Å². The summed E-state index contributed by atoms with van der Waals surface area (Å²) in [6.07, 6.45) is 1.10. The number of primary amides is 1. The number of nitrogens with zero attached hydrogens (tertiary/aromatic N) is 2. The van der Waals surface area contributed by atoms with E-state index in [1.165, 1.54) is 0 Å². The van der Waals surface area contributed by atoms with Gasteiger partial charge in [-0.05, 0) is 54.6 Å². The molecule has 8 heteroatoms. The van der Waals surface area contributed by atoms with Gasteiger partial charge in [0, 0.05) is 16.9 Å². The summed E-state index contributed by atoms with van der Waals surface area (Å²) in [6.45, 7) is 0. The number of carbonyl (C=O) groups is 1. The van der Waals surface area contributed by atoms with Crippen molar-refractivity contribution in [1.29, 1.82) is 0 Å². The van der Waals surface area contributed by atoms with Crippen molar-refractivity contribution in [2.24, 2.45) is 16.5 Å². The number of furan rings is 1. The number of amidine groups is 1. The highest BCUT2D eigenvalue weighted by atomic mass is 16.5. The van der Waals surface area contributed by atoms with Gasteiger partial charge in [-0.1, -0.05) is 0 Å². The number of nitrogens with two attached hydrogens (primary N) is 2. The van der Waals surface area contributed by atoms with Gasteiger partial charge in [0.05, 0.1) is 18.9 Å². The Morgan fingerprint density at radius 2 is 1.86 bits per heavy atom. The van der Waals surface area contributed by atoms with Crippen LogP contribution in [0.15, 0.2) is 70.3 Å². The highest BCUT2D eigenvalue weighted by Gasteiger charge is 2.31. The van der Waals surface area contributed by atoms with Crippen molar-refractivity contribution < 1.29 is 13.9 Å². The number of nitrogens with one attached hydrogen (secondary N) is 1. The molecule has 0 bridgehead atoms. The quantitative estimate of drug-likeness (QED) is 0.644. The second kappa shape index (κ2) is 7.09. The standard InChI is InChI=1S/C20H19N5O3/c1-27-15-8-6-14(7-9-15)25-17(21)16-10-11-28-19(16)24-18(25)12-2-4-13(5-3-12)23-20(22)26/h2-11,17H,21H2,1H3,(H3,22,23,26). The van der Waals surface area contributed by atoms with Crippen LogP contribution in [0.1, 0.15) is 17.3 Å². The zero-order chi connectivity index (χ0) is 19.7. The Morgan fingerprint density at radius 1 is 1.14 bits per heavy atom. The maximum absolute atomic E-state index is 11.0. The first-order chi connectivity index (χ1) is 13.6. The van der Waals surface area contributed by atoms with Crippen molar-refractivity contribution >= 4 is 29.1 Å². The van der Waals surface area contributed by atoms with E-state index in [9.17, 15) is 4.79 Å². The molecule has 5 N–H and O–H groups in total. The Morgan fingerprint density at radius 3 is 2.50 bits per heavy atom.